The highest BCUT2D eigenvalue weighted by Gasteiger charge is 2.33. The van der Waals surface area contributed by atoms with Gasteiger partial charge in [-0.1, -0.05) is 18.2 Å². The standard InChI is InChI=1S/C17H20N2O5S/c1-10-13(16(21)24-9-8-22-2)14(19-17(25)18-10)11-6-4-5-7-12(11)15(20)23-3/h4-7,14H,8-9H2,1-3H3,(H2,18,19,25). The van der Waals surface area contributed by atoms with Gasteiger partial charge in [-0.25, -0.2) is 9.59 Å². The van der Waals surface area contributed by atoms with Crippen LogP contribution in [0.5, 0.6) is 0 Å². The summed E-state index contributed by atoms with van der Waals surface area (Å²) in [7, 11) is 2.83. The SMILES string of the molecule is COCCOC(=O)C1=C(C)NC(=S)NC1c1ccccc1C(=O)OC. The van der Waals surface area contributed by atoms with Crippen molar-refractivity contribution in [1.82, 2.24) is 10.6 Å². The molecule has 8 heteroatoms. The highest BCUT2D eigenvalue weighted by Crippen LogP contribution is 2.30. The van der Waals surface area contributed by atoms with Gasteiger partial charge in [-0.05, 0) is 30.8 Å². The normalized spacial score (nSPS) is 16.8. The molecule has 0 aromatic heterocycles. The van der Waals surface area contributed by atoms with E-state index >= 15 is 0 Å². The highest BCUT2D eigenvalue weighted by atomic mass is 32.1. The predicted octanol–water partition coefficient (Wildman–Crippen LogP) is 1.46. The van der Waals surface area contributed by atoms with Gasteiger partial charge in [0.05, 0.1) is 30.9 Å². The molecule has 1 aliphatic heterocycles. The van der Waals surface area contributed by atoms with Gasteiger partial charge in [-0.15, -0.1) is 0 Å². The lowest BCUT2D eigenvalue weighted by atomic mass is 9.92. The fraction of sp³-hybridized carbons (Fsp3) is 0.353. The molecule has 1 aromatic rings. The van der Waals surface area contributed by atoms with Gasteiger partial charge in [-0.3, -0.25) is 0 Å². The summed E-state index contributed by atoms with van der Waals surface area (Å²) < 4.78 is 15.0. The lowest BCUT2D eigenvalue weighted by molar-refractivity contribution is -0.140. The van der Waals surface area contributed by atoms with Gasteiger partial charge in [0.1, 0.15) is 6.61 Å². The number of esters is 2. The van der Waals surface area contributed by atoms with Crippen molar-refractivity contribution in [3.05, 3.63) is 46.7 Å². The number of nitrogens with one attached hydrogen (secondary N) is 2. The smallest absolute Gasteiger partial charge is 0.338 e. The van der Waals surface area contributed by atoms with E-state index in [-0.39, 0.29) is 6.61 Å². The van der Waals surface area contributed by atoms with Crippen molar-refractivity contribution in [3.8, 4) is 0 Å². The maximum absolute atomic E-state index is 12.5. The van der Waals surface area contributed by atoms with Crippen LogP contribution in [0.15, 0.2) is 35.5 Å². The van der Waals surface area contributed by atoms with Crippen molar-refractivity contribution < 1.29 is 23.8 Å². The molecule has 7 nitrogen and oxygen atoms in total. The molecule has 0 radical (unpaired) electrons. The summed E-state index contributed by atoms with van der Waals surface area (Å²) in [6.07, 6.45) is 0. The first-order valence-electron chi connectivity index (χ1n) is 7.61. The van der Waals surface area contributed by atoms with Crippen LogP contribution in [0.3, 0.4) is 0 Å². The van der Waals surface area contributed by atoms with Crippen molar-refractivity contribution in [2.45, 2.75) is 13.0 Å². The van der Waals surface area contributed by atoms with Gasteiger partial charge in [0.15, 0.2) is 5.11 Å². The number of hydrogen-bond donors (Lipinski definition) is 2. The molecule has 0 saturated carbocycles. The molecule has 134 valence electrons. The summed E-state index contributed by atoms with van der Waals surface area (Å²) in [6.45, 7) is 2.15. The molecular weight excluding hydrogens is 344 g/mol. The molecule has 0 aliphatic carbocycles. The lowest BCUT2D eigenvalue weighted by Gasteiger charge is -2.30. The fourth-order valence-electron chi connectivity index (χ4n) is 2.54. The van der Waals surface area contributed by atoms with Crippen LogP contribution in [-0.4, -0.2) is 44.5 Å². The Kier molecular flexibility index (Phi) is 6.49. The van der Waals surface area contributed by atoms with Crippen LogP contribution in [0.4, 0.5) is 0 Å². The molecule has 1 unspecified atom stereocenters. The molecule has 0 spiro atoms. The van der Waals surface area contributed by atoms with Crippen molar-refractivity contribution in [3.63, 3.8) is 0 Å². The lowest BCUT2D eigenvalue weighted by Crippen LogP contribution is -2.45. The molecular formula is C17H20N2O5S. The second kappa shape index (κ2) is 8.59. The molecule has 0 saturated heterocycles. The van der Waals surface area contributed by atoms with Gasteiger partial charge in [0.2, 0.25) is 0 Å². The largest absolute Gasteiger partial charge is 0.465 e. The molecule has 1 aliphatic rings. The number of hydrogen-bond acceptors (Lipinski definition) is 6. The van der Waals surface area contributed by atoms with E-state index in [1.54, 1.807) is 31.2 Å². The Hall–Kier alpha value is -2.45. The van der Waals surface area contributed by atoms with Crippen LogP contribution < -0.4 is 10.6 Å². The summed E-state index contributed by atoms with van der Waals surface area (Å²) >= 11 is 5.20. The maximum atomic E-state index is 12.5. The topological polar surface area (TPSA) is 85.9 Å². The Morgan fingerprint density at radius 1 is 1.16 bits per heavy atom. The van der Waals surface area contributed by atoms with Crippen LogP contribution in [0.25, 0.3) is 0 Å². The number of rotatable bonds is 6. The molecule has 25 heavy (non-hydrogen) atoms. The third-order valence-corrected chi connectivity index (χ3v) is 3.91. The van der Waals surface area contributed by atoms with Crippen molar-refractivity contribution >= 4 is 29.3 Å². The number of thiocarbonyl (C=S) groups is 1. The van der Waals surface area contributed by atoms with E-state index in [2.05, 4.69) is 10.6 Å². The Morgan fingerprint density at radius 2 is 1.88 bits per heavy atom. The van der Waals surface area contributed by atoms with Crippen LogP contribution >= 0.6 is 12.2 Å². The summed E-state index contributed by atoms with van der Waals surface area (Å²) in [5.41, 5.74) is 1.84. The number of ether oxygens (including phenoxy) is 3. The average molecular weight is 364 g/mol. The van der Waals surface area contributed by atoms with Gasteiger partial charge in [0.25, 0.3) is 0 Å². The van der Waals surface area contributed by atoms with Gasteiger partial charge >= 0.3 is 11.9 Å². The predicted molar refractivity (Wildman–Crippen MR) is 94.9 cm³/mol. The number of benzene rings is 1. The third kappa shape index (κ3) is 4.34. The summed E-state index contributed by atoms with van der Waals surface area (Å²) in [5.74, 6) is -1.01. The first-order valence-corrected chi connectivity index (χ1v) is 8.02. The first kappa shape index (κ1) is 18.9. The molecule has 1 atom stereocenters. The third-order valence-electron chi connectivity index (χ3n) is 3.69. The summed E-state index contributed by atoms with van der Waals surface area (Å²) in [6, 6.07) is 6.25. The van der Waals surface area contributed by atoms with Crippen molar-refractivity contribution in [1.29, 1.82) is 0 Å². The summed E-state index contributed by atoms with van der Waals surface area (Å²) in [5, 5.41) is 6.30. The number of allylic oxidation sites excluding steroid dienone is 1. The number of carbonyl (C=O) groups excluding carboxylic acids is 2. The molecule has 0 amide bonds. The Bertz CT molecular complexity index is 717. The van der Waals surface area contributed by atoms with Crippen molar-refractivity contribution in [2.24, 2.45) is 0 Å². The second-order valence-corrected chi connectivity index (χ2v) is 5.69. The van der Waals surface area contributed by atoms with E-state index in [1.807, 2.05) is 0 Å². The van der Waals surface area contributed by atoms with Gasteiger partial charge < -0.3 is 24.8 Å². The van der Waals surface area contributed by atoms with Gasteiger partial charge in [0, 0.05) is 12.8 Å². The fourth-order valence-corrected chi connectivity index (χ4v) is 2.81. The average Bonchev–Trinajstić information content (AvgIpc) is 2.60. The van der Waals surface area contributed by atoms with Crippen LogP contribution in [-0.2, 0) is 19.0 Å². The number of carbonyl (C=O) groups is 2. The second-order valence-electron chi connectivity index (χ2n) is 5.28. The van der Waals surface area contributed by atoms with E-state index in [4.69, 9.17) is 26.4 Å². The Labute approximate surface area is 151 Å². The summed E-state index contributed by atoms with van der Waals surface area (Å²) in [4.78, 5) is 24.6. The minimum absolute atomic E-state index is 0.127. The molecule has 2 rings (SSSR count). The quantitative estimate of drug-likeness (QED) is 0.446. The van der Waals surface area contributed by atoms with Crippen molar-refractivity contribution in [2.75, 3.05) is 27.4 Å². The molecule has 2 N–H and O–H groups in total. The molecule has 0 bridgehead atoms. The van der Waals surface area contributed by atoms with Gasteiger partial charge in [-0.2, -0.15) is 0 Å². The highest BCUT2D eigenvalue weighted by molar-refractivity contribution is 7.80. The monoisotopic (exact) mass is 364 g/mol. The zero-order valence-corrected chi connectivity index (χ0v) is 15.1. The van der Waals surface area contributed by atoms with E-state index < -0.39 is 18.0 Å². The van der Waals surface area contributed by atoms with E-state index in [1.165, 1.54) is 14.2 Å². The van der Waals surface area contributed by atoms with E-state index in [9.17, 15) is 9.59 Å². The molecule has 1 aromatic carbocycles. The first-order chi connectivity index (χ1) is 12.0. The minimum Gasteiger partial charge on any atom is -0.465 e. The van der Waals surface area contributed by atoms with E-state index in [0.29, 0.717) is 34.1 Å². The zero-order valence-electron chi connectivity index (χ0n) is 14.3. The van der Waals surface area contributed by atoms with E-state index in [0.717, 1.165) is 0 Å². The molecule has 0 fully saturated rings. The van der Waals surface area contributed by atoms with Crippen LogP contribution in [0.2, 0.25) is 0 Å². The Balaban J connectivity index is 2.43. The maximum Gasteiger partial charge on any atom is 0.338 e. The van der Waals surface area contributed by atoms with Crippen LogP contribution in [0.1, 0.15) is 28.9 Å². The number of methoxy groups -OCH3 is 2. The molecule has 1 heterocycles. The minimum atomic E-state index is -0.626. The zero-order chi connectivity index (χ0) is 18.4. The Morgan fingerprint density at radius 3 is 2.56 bits per heavy atom. The van der Waals surface area contributed by atoms with Crippen LogP contribution in [0, 0.1) is 0 Å².